The van der Waals surface area contributed by atoms with Crippen molar-refractivity contribution in [2.24, 2.45) is 5.73 Å². The predicted octanol–water partition coefficient (Wildman–Crippen LogP) is 3.41. The minimum Gasteiger partial charge on any atom is -0.366 e. The van der Waals surface area contributed by atoms with E-state index in [2.05, 4.69) is 5.32 Å². The van der Waals surface area contributed by atoms with E-state index in [0.717, 1.165) is 15.7 Å². The van der Waals surface area contributed by atoms with Gasteiger partial charge in [-0.1, -0.05) is 0 Å². The van der Waals surface area contributed by atoms with Gasteiger partial charge in [0.25, 0.3) is 5.91 Å². The number of benzene rings is 2. The molecule has 98 valence electrons. The van der Waals surface area contributed by atoms with Crippen LogP contribution >= 0.6 is 22.6 Å². The largest absolute Gasteiger partial charge is 0.366 e. The van der Waals surface area contributed by atoms with Crippen molar-refractivity contribution >= 4 is 39.9 Å². The molecule has 2 rings (SSSR count). The number of halogens is 3. The van der Waals surface area contributed by atoms with Crippen LogP contribution in [0.4, 0.5) is 20.2 Å². The van der Waals surface area contributed by atoms with Crippen molar-refractivity contribution < 1.29 is 13.6 Å². The first-order valence-corrected chi connectivity index (χ1v) is 6.36. The second kappa shape index (κ2) is 5.52. The SMILES string of the molecule is NC(=O)c1ccc(F)cc1Nc1ccc(I)cc1F. The van der Waals surface area contributed by atoms with E-state index in [1.165, 1.54) is 18.2 Å². The van der Waals surface area contributed by atoms with Crippen molar-refractivity contribution in [1.29, 1.82) is 0 Å². The highest BCUT2D eigenvalue weighted by atomic mass is 127. The van der Waals surface area contributed by atoms with Crippen LogP contribution in [-0.4, -0.2) is 5.91 Å². The van der Waals surface area contributed by atoms with Crippen LogP contribution in [0.3, 0.4) is 0 Å². The molecule has 3 N–H and O–H groups in total. The monoisotopic (exact) mass is 374 g/mol. The number of carbonyl (C=O) groups excluding carboxylic acids is 1. The maximum Gasteiger partial charge on any atom is 0.250 e. The summed E-state index contributed by atoms with van der Waals surface area (Å²) in [5.74, 6) is -1.75. The van der Waals surface area contributed by atoms with Crippen LogP contribution in [-0.2, 0) is 0 Å². The van der Waals surface area contributed by atoms with Gasteiger partial charge < -0.3 is 11.1 Å². The number of primary amides is 1. The van der Waals surface area contributed by atoms with Gasteiger partial charge in [-0.05, 0) is 59.0 Å². The minimum absolute atomic E-state index is 0.0966. The summed E-state index contributed by atoms with van der Waals surface area (Å²) < 4.78 is 27.6. The standard InChI is InChI=1S/C13H9F2IN2O/c14-7-1-3-9(13(17)19)12(5-7)18-11-4-2-8(16)6-10(11)15/h1-6,18H,(H2,17,19). The van der Waals surface area contributed by atoms with Crippen LogP contribution in [0.1, 0.15) is 10.4 Å². The number of hydrogen-bond donors (Lipinski definition) is 2. The first-order chi connectivity index (χ1) is 8.97. The van der Waals surface area contributed by atoms with Crippen LogP contribution in [0, 0.1) is 15.2 Å². The van der Waals surface area contributed by atoms with Gasteiger partial charge in [0.1, 0.15) is 11.6 Å². The average Bonchev–Trinajstić information content (AvgIpc) is 2.32. The number of rotatable bonds is 3. The maximum atomic E-state index is 13.7. The van der Waals surface area contributed by atoms with Gasteiger partial charge in [0.05, 0.1) is 16.9 Å². The first kappa shape index (κ1) is 13.7. The summed E-state index contributed by atoms with van der Waals surface area (Å²) in [5.41, 5.74) is 5.56. The molecule has 0 aliphatic heterocycles. The summed E-state index contributed by atoms with van der Waals surface area (Å²) in [6, 6.07) is 7.99. The topological polar surface area (TPSA) is 55.1 Å². The number of nitrogens with two attached hydrogens (primary N) is 1. The molecule has 0 aliphatic rings. The molecule has 0 aromatic heterocycles. The number of anilines is 2. The Balaban J connectivity index is 2.42. The van der Waals surface area contributed by atoms with Crippen LogP contribution in [0.25, 0.3) is 0 Å². The van der Waals surface area contributed by atoms with Gasteiger partial charge in [-0.2, -0.15) is 0 Å². The zero-order valence-corrected chi connectivity index (χ0v) is 11.7. The predicted molar refractivity (Wildman–Crippen MR) is 77.3 cm³/mol. The van der Waals surface area contributed by atoms with E-state index in [4.69, 9.17) is 5.73 Å². The lowest BCUT2D eigenvalue weighted by Gasteiger charge is -2.11. The lowest BCUT2D eigenvalue weighted by atomic mass is 10.1. The average molecular weight is 374 g/mol. The van der Waals surface area contributed by atoms with Crippen molar-refractivity contribution in [3.05, 3.63) is 57.2 Å². The zero-order valence-electron chi connectivity index (χ0n) is 9.58. The molecule has 0 aliphatic carbocycles. The lowest BCUT2D eigenvalue weighted by Crippen LogP contribution is -2.13. The van der Waals surface area contributed by atoms with Gasteiger partial charge in [0.15, 0.2) is 0 Å². The number of amides is 1. The van der Waals surface area contributed by atoms with E-state index in [-0.39, 0.29) is 16.9 Å². The lowest BCUT2D eigenvalue weighted by molar-refractivity contribution is 0.100. The normalized spacial score (nSPS) is 10.3. The molecule has 1 amide bonds. The summed E-state index contributed by atoms with van der Waals surface area (Å²) in [6.45, 7) is 0. The Morgan fingerprint density at radius 1 is 1.11 bits per heavy atom. The summed E-state index contributed by atoms with van der Waals surface area (Å²) in [5, 5.41) is 2.67. The quantitative estimate of drug-likeness (QED) is 0.810. The fourth-order valence-electron chi connectivity index (χ4n) is 1.57. The highest BCUT2D eigenvalue weighted by molar-refractivity contribution is 14.1. The van der Waals surface area contributed by atoms with E-state index < -0.39 is 17.5 Å². The Bertz CT molecular complexity index is 647. The third-order valence-electron chi connectivity index (χ3n) is 2.45. The molecule has 2 aromatic carbocycles. The summed E-state index contributed by atoms with van der Waals surface area (Å²) >= 11 is 1.97. The van der Waals surface area contributed by atoms with E-state index in [9.17, 15) is 13.6 Å². The van der Waals surface area contributed by atoms with Crippen LogP contribution in [0.2, 0.25) is 0 Å². The van der Waals surface area contributed by atoms with Gasteiger partial charge in [-0.25, -0.2) is 8.78 Å². The molecule has 2 aromatic rings. The smallest absolute Gasteiger partial charge is 0.250 e. The third-order valence-corrected chi connectivity index (χ3v) is 3.12. The molecule has 0 atom stereocenters. The van der Waals surface area contributed by atoms with E-state index in [1.807, 2.05) is 22.6 Å². The number of nitrogens with one attached hydrogen (secondary N) is 1. The number of carbonyl (C=O) groups is 1. The Morgan fingerprint density at radius 2 is 1.84 bits per heavy atom. The van der Waals surface area contributed by atoms with Crippen molar-refractivity contribution in [3.63, 3.8) is 0 Å². The van der Waals surface area contributed by atoms with Crippen LogP contribution in [0.15, 0.2) is 36.4 Å². The van der Waals surface area contributed by atoms with Gasteiger partial charge in [0.2, 0.25) is 0 Å². The molecule has 0 bridgehead atoms. The highest BCUT2D eigenvalue weighted by Gasteiger charge is 2.11. The fraction of sp³-hybridized carbons (Fsp3) is 0. The molecule has 3 nitrogen and oxygen atoms in total. The Labute approximate surface area is 121 Å². The number of hydrogen-bond acceptors (Lipinski definition) is 2. The molecule has 0 saturated carbocycles. The van der Waals surface area contributed by atoms with E-state index in [0.29, 0.717) is 0 Å². The van der Waals surface area contributed by atoms with Crippen molar-refractivity contribution in [2.75, 3.05) is 5.32 Å². The molecule has 6 heteroatoms. The van der Waals surface area contributed by atoms with Crippen molar-refractivity contribution in [1.82, 2.24) is 0 Å². The van der Waals surface area contributed by atoms with Crippen LogP contribution in [0.5, 0.6) is 0 Å². The van der Waals surface area contributed by atoms with E-state index >= 15 is 0 Å². The Kier molecular flexibility index (Phi) is 3.98. The van der Waals surface area contributed by atoms with Gasteiger partial charge in [-0.15, -0.1) is 0 Å². The highest BCUT2D eigenvalue weighted by Crippen LogP contribution is 2.25. The molecule has 19 heavy (non-hydrogen) atoms. The second-order valence-corrected chi connectivity index (χ2v) is 5.05. The van der Waals surface area contributed by atoms with Crippen LogP contribution < -0.4 is 11.1 Å². The van der Waals surface area contributed by atoms with Gasteiger partial charge in [-0.3, -0.25) is 4.79 Å². The second-order valence-electron chi connectivity index (χ2n) is 3.80. The van der Waals surface area contributed by atoms with Gasteiger partial charge in [0, 0.05) is 3.57 Å². The summed E-state index contributed by atoms with van der Waals surface area (Å²) in [4.78, 5) is 11.2. The molecule has 0 saturated heterocycles. The molecule has 0 unspecified atom stereocenters. The fourth-order valence-corrected chi connectivity index (χ4v) is 2.02. The summed E-state index contributed by atoms with van der Waals surface area (Å²) in [7, 11) is 0. The molecule has 0 heterocycles. The summed E-state index contributed by atoms with van der Waals surface area (Å²) in [6.07, 6.45) is 0. The molecular formula is C13H9F2IN2O. The molecule has 0 spiro atoms. The molecule has 0 radical (unpaired) electrons. The third kappa shape index (κ3) is 3.19. The van der Waals surface area contributed by atoms with Crippen molar-refractivity contribution in [2.45, 2.75) is 0 Å². The van der Waals surface area contributed by atoms with E-state index in [1.54, 1.807) is 6.07 Å². The van der Waals surface area contributed by atoms with Crippen molar-refractivity contribution in [3.8, 4) is 0 Å². The minimum atomic E-state index is -0.714. The maximum absolute atomic E-state index is 13.7. The Hall–Kier alpha value is -1.70. The Morgan fingerprint density at radius 3 is 2.47 bits per heavy atom. The zero-order chi connectivity index (χ0) is 14.0. The molecular weight excluding hydrogens is 365 g/mol. The van der Waals surface area contributed by atoms with Gasteiger partial charge >= 0.3 is 0 Å². The molecule has 0 fully saturated rings. The first-order valence-electron chi connectivity index (χ1n) is 5.29.